The highest BCUT2D eigenvalue weighted by Gasteiger charge is 2.12. The van der Waals surface area contributed by atoms with Crippen LogP contribution in [-0.2, 0) is 19.8 Å². The molecule has 0 aromatic rings. The monoisotopic (exact) mass is 255 g/mol. The Morgan fingerprint density at radius 1 is 1.07 bits per heavy atom. The molecule has 0 aliphatic heterocycles. The molecular weight excluding hydrogens is 234 g/mol. The van der Waals surface area contributed by atoms with Crippen LogP contribution in [0.1, 0.15) is 33.6 Å². The summed E-state index contributed by atoms with van der Waals surface area (Å²) in [4.78, 5) is 0. The fourth-order valence-corrected chi connectivity index (χ4v) is 4.46. The van der Waals surface area contributed by atoms with E-state index in [-0.39, 0.29) is 5.41 Å². The topological polar surface area (TPSA) is 63.6 Å². The molecule has 6 heteroatoms. The van der Waals surface area contributed by atoms with Crippen LogP contribution in [0.25, 0.3) is 0 Å². The van der Waals surface area contributed by atoms with Gasteiger partial charge in [0.2, 0.25) is 0 Å². The first-order chi connectivity index (χ1) is 6.41. The minimum atomic E-state index is -3.50. The molecule has 0 saturated heterocycles. The van der Waals surface area contributed by atoms with Crippen molar-refractivity contribution in [2.45, 2.75) is 33.6 Å². The van der Waals surface area contributed by atoms with Gasteiger partial charge in [0.15, 0.2) is 0 Å². The average molecular weight is 255 g/mol. The quantitative estimate of drug-likeness (QED) is 0.770. The van der Waals surface area contributed by atoms with Crippen LogP contribution in [0.2, 0.25) is 0 Å². The van der Waals surface area contributed by atoms with Crippen molar-refractivity contribution in [1.82, 2.24) is 0 Å². The van der Waals surface area contributed by atoms with Crippen molar-refractivity contribution in [3.05, 3.63) is 0 Å². The smallest absolute Gasteiger partial charge is 0.249 e. The second-order valence-corrected chi connectivity index (χ2v) is 9.52. The molecule has 0 heterocycles. The summed E-state index contributed by atoms with van der Waals surface area (Å²) >= 11 is 0. The summed E-state index contributed by atoms with van der Waals surface area (Å²) in [6, 6.07) is 0. The summed E-state index contributed by atoms with van der Waals surface area (Å²) < 4.78 is 36.8. The van der Waals surface area contributed by atoms with E-state index in [1.165, 1.54) is 6.26 Å². The molecule has 0 aromatic heterocycles. The van der Waals surface area contributed by atoms with Crippen molar-refractivity contribution in [2.75, 3.05) is 18.3 Å². The van der Waals surface area contributed by atoms with Gasteiger partial charge in [-0.2, -0.15) is 0 Å². The van der Waals surface area contributed by atoms with Gasteiger partial charge in [-0.25, -0.2) is 12.6 Å². The lowest BCUT2D eigenvalue weighted by atomic mass is 9.91. The van der Waals surface area contributed by atoms with Crippen LogP contribution in [0.3, 0.4) is 0 Å². The van der Waals surface area contributed by atoms with Crippen LogP contribution in [0.4, 0.5) is 0 Å². The van der Waals surface area contributed by atoms with Crippen LogP contribution in [0.15, 0.2) is 3.77 Å². The van der Waals surface area contributed by atoms with Gasteiger partial charge in [-0.05, 0) is 18.3 Å². The molecule has 0 aliphatic rings. The van der Waals surface area contributed by atoms with Gasteiger partial charge in [0.1, 0.15) is 0 Å². The molecule has 0 aromatic carbocycles. The van der Waals surface area contributed by atoms with Crippen molar-refractivity contribution in [2.24, 2.45) is 9.18 Å². The van der Waals surface area contributed by atoms with Crippen molar-refractivity contribution in [3.63, 3.8) is 0 Å². The van der Waals surface area contributed by atoms with Crippen molar-refractivity contribution < 1.29 is 12.6 Å². The lowest BCUT2D eigenvalue weighted by Crippen LogP contribution is -2.11. The Labute approximate surface area is 93.7 Å². The number of rotatable bonds is 4. The van der Waals surface area contributed by atoms with Gasteiger partial charge in [-0.3, -0.25) is 0 Å². The summed E-state index contributed by atoms with van der Waals surface area (Å²) in [5.41, 5.74) is 0.181. The summed E-state index contributed by atoms with van der Waals surface area (Å²) in [5, 5.41) is 0. The van der Waals surface area contributed by atoms with Crippen LogP contribution < -0.4 is 0 Å². The van der Waals surface area contributed by atoms with Gasteiger partial charge in [0.05, 0.1) is 16.0 Å². The largest absolute Gasteiger partial charge is 0.257 e. The first-order valence-corrected chi connectivity index (χ1v) is 8.76. The Morgan fingerprint density at radius 3 is 1.87 bits per heavy atom. The van der Waals surface area contributed by atoms with E-state index in [1.54, 1.807) is 0 Å². The molecule has 15 heavy (non-hydrogen) atoms. The normalized spacial score (nSPS) is 17.1. The van der Waals surface area contributed by atoms with E-state index >= 15 is 0 Å². The second kappa shape index (κ2) is 4.82. The number of hydrogen-bond acceptors (Lipinski definition) is 3. The zero-order valence-corrected chi connectivity index (χ0v) is 11.7. The Kier molecular flexibility index (Phi) is 4.79. The number of sulfonamides is 1. The van der Waals surface area contributed by atoms with E-state index in [4.69, 9.17) is 0 Å². The fourth-order valence-electron chi connectivity index (χ4n) is 1.19. The predicted molar refractivity (Wildman–Crippen MR) is 64.9 cm³/mol. The van der Waals surface area contributed by atoms with Gasteiger partial charge >= 0.3 is 0 Å². The van der Waals surface area contributed by atoms with Crippen molar-refractivity contribution in [1.29, 1.82) is 0 Å². The van der Waals surface area contributed by atoms with E-state index < -0.39 is 19.8 Å². The summed E-state index contributed by atoms with van der Waals surface area (Å²) in [6.07, 6.45) is 4.02. The minimum absolute atomic E-state index is 0.181. The highest BCUT2D eigenvalue weighted by atomic mass is 32.3. The third-order valence-electron chi connectivity index (χ3n) is 1.74. The maximum absolute atomic E-state index is 11.7. The third-order valence-corrected chi connectivity index (χ3v) is 5.13. The molecule has 0 fully saturated rings. The van der Waals surface area contributed by atoms with Crippen LogP contribution in [0, 0.1) is 5.41 Å². The Morgan fingerprint density at radius 2 is 1.53 bits per heavy atom. The summed E-state index contributed by atoms with van der Waals surface area (Å²) in [7, 11) is -6.07. The van der Waals surface area contributed by atoms with E-state index in [0.717, 1.165) is 19.1 Å². The molecule has 4 nitrogen and oxygen atoms in total. The van der Waals surface area contributed by atoms with Crippen molar-refractivity contribution >= 4 is 19.8 Å². The molecule has 1 unspecified atom stereocenters. The Hall–Kier alpha value is -0.100. The summed E-state index contributed by atoms with van der Waals surface area (Å²) in [5.74, 6) is 0.345. The molecule has 0 aliphatic carbocycles. The van der Waals surface area contributed by atoms with E-state index in [0.29, 0.717) is 5.75 Å². The van der Waals surface area contributed by atoms with Crippen LogP contribution in [0.5, 0.6) is 0 Å². The molecule has 1 atom stereocenters. The molecule has 0 rings (SSSR count). The lowest BCUT2D eigenvalue weighted by molar-refractivity contribution is 0.374. The maximum atomic E-state index is 11.7. The van der Waals surface area contributed by atoms with Gasteiger partial charge in [0, 0.05) is 12.0 Å². The standard InChI is InChI=1S/C9H21NO3S2/c1-9(2,3)7-6-8-14(4,11)10-15(5,12)13/h6-8H2,1-5H3. The van der Waals surface area contributed by atoms with Crippen LogP contribution >= 0.6 is 0 Å². The third kappa shape index (κ3) is 10.2. The first kappa shape index (κ1) is 14.9. The molecular formula is C9H21NO3S2. The predicted octanol–water partition coefficient (Wildman–Crippen LogP) is 1.87. The first-order valence-electron chi connectivity index (χ1n) is 4.82. The number of hydrogen-bond donors (Lipinski definition) is 0. The van der Waals surface area contributed by atoms with E-state index in [2.05, 4.69) is 24.5 Å². The number of nitrogens with zero attached hydrogens (tertiary/aromatic N) is 1. The average Bonchev–Trinajstić information content (AvgIpc) is 1.75. The molecule has 0 N–H and O–H groups in total. The van der Waals surface area contributed by atoms with Crippen molar-refractivity contribution in [3.8, 4) is 0 Å². The highest BCUT2D eigenvalue weighted by molar-refractivity contribution is 8.02. The SMILES string of the molecule is CC(C)(C)CCCS(C)(=O)=NS(C)(=O)=O. The maximum Gasteiger partial charge on any atom is 0.257 e. The molecule has 92 valence electrons. The zero-order chi connectivity index (χ0) is 12.3. The molecule has 0 radical (unpaired) electrons. The second-order valence-electron chi connectivity index (χ2n) is 5.14. The Balaban J connectivity index is 4.44. The van der Waals surface area contributed by atoms with Crippen LogP contribution in [-0.4, -0.2) is 30.9 Å². The van der Waals surface area contributed by atoms with Gasteiger partial charge < -0.3 is 0 Å². The van der Waals surface area contributed by atoms with Gasteiger partial charge in [-0.15, -0.1) is 3.77 Å². The molecule has 0 saturated carbocycles. The fraction of sp³-hybridized carbons (Fsp3) is 1.00. The molecule has 0 amide bonds. The molecule has 0 bridgehead atoms. The van der Waals surface area contributed by atoms with Gasteiger partial charge in [0.25, 0.3) is 10.0 Å². The zero-order valence-electron chi connectivity index (χ0n) is 10.1. The lowest BCUT2D eigenvalue weighted by Gasteiger charge is -2.17. The summed E-state index contributed by atoms with van der Waals surface area (Å²) in [6.45, 7) is 6.29. The Bertz CT molecular complexity index is 409. The highest BCUT2D eigenvalue weighted by Crippen LogP contribution is 2.21. The minimum Gasteiger partial charge on any atom is -0.249 e. The van der Waals surface area contributed by atoms with E-state index in [1.807, 2.05) is 0 Å². The van der Waals surface area contributed by atoms with E-state index in [9.17, 15) is 12.6 Å². The molecule has 0 spiro atoms. The van der Waals surface area contributed by atoms with Gasteiger partial charge in [-0.1, -0.05) is 20.8 Å².